The molecular formula is C15H24N2O. The maximum atomic E-state index is 5.85. The van der Waals surface area contributed by atoms with Gasteiger partial charge in [0.15, 0.2) is 0 Å². The van der Waals surface area contributed by atoms with Crippen molar-refractivity contribution < 1.29 is 4.74 Å². The van der Waals surface area contributed by atoms with Crippen LogP contribution in [0.2, 0.25) is 0 Å². The quantitative estimate of drug-likeness (QED) is 0.883. The van der Waals surface area contributed by atoms with Crippen molar-refractivity contribution in [3.63, 3.8) is 0 Å². The van der Waals surface area contributed by atoms with Crippen LogP contribution >= 0.6 is 0 Å². The lowest BCUT2D eigenvalue weighted by molar-refractivity contribution is 0.227. The molecule has 18 heavy (non-hydrogen) atoms. The summed E-state index contributed by atoms with van der Waals surface area (Å²) in [5.41, 5.74) is 3.94. The molecule has 1 aromatic rings. The fourth-order valence-electron chi connectivity index (χ4n) is 2.48. The van der Waals surface area contributed by atoms with Gasteiger partial charge in [-0.1, -0.05) is 12.1 Å². The van der Waals surface area contributed by atoms with Gasteiger partial charge in [-0.2, -0.15) is 0 Å². The van der Waals surface area contributed by atoms with Gasteiger partial charge in [-0.25, -0.2) is 0 Å². The number of hydrogen-bond acceptors (Lipinski definition) is 3. The van der Waals surface area contributed by atoms with Crippen molar-refractivity contribution in [1.82, 2.24) is 10.2 Å². The first-order valence-electron chi connectivity index (χ1n) is 6.87. The third kappa shape index (κ3) is 3.03. The SMILES string of the molecule is CCOc1c(C)ccc(C)c1CN1CCNCC1. The second kappa shape index (κ2) is 6.21. The molecule has 0 bridgehead atoms. The second-order valence-electron chi connectivity index (χ2n) is 4.97. The van der Waals surface area contributed by atoms with E-state index >= 15 is 0 Å². The lowest BCUT2D eigenvalue weighted by atomic mass is 10.0. The number of aryl methyl sites for hydroxylation is 2. The number of nitrogens with one attached hydrogen (secondary N) is 1. The Bertz CT molecular complexity index is 398. The summed E-state index contributed by atoms with van der Waals surface area (Å²) in [6.45, 7) is 12.5. The molecule has 1 heterocycles. The van der Waals surface area contributed by atoms with Gasteiger partial charge in [0.2, 0.25) is 0 Å². The van der Waals surface area contributed by atoms with Crippen molar-refractivity contribution in [3.8, 4) is 5.75 Å². The molecule has 0 saturated carbocycles. The van der Waals surface area contributed by atoms with Crippen LogP contribution in [0.1, 0.15) is 23.6 Å². The second-order valence-corrected chi connectivity index (χ2v) is 4.97. The zero-order chi connectivity index (χ0) is 13.0. The monoisotopic (exact) mass is 248 g/mol. The minimum atomic E-state index is 0.735. The van der Waals surface area contributed by atoms with E-state index in [9.17, 15) is 0 Å². The maximum absolute atomic E-state index is 5.85. The summed E-state index contributed by atoms with van der Waals surface area (Å²) < 4.78 is 5.85. The maximum Gasteiger partial charge on any atom is 0.126 e. The van der Waals surface area contributed by atoms with Gasteiger partial charge in [0.05, 0.1) is 6.61 Å². The van der Waals surface area contributed by atoms with Crippen LogP contribution in [-0.2, 0) is 6.54 Å². The zero-order valence-corrected chi connectivity index (χ0v) is 11.8. The molecule has 1 saturated heterocycles. The van der Waals surface area contributed by atoms with E-state index in [0.717, 1.165) is 45.1 Å². The van der Waals surface area contributed by atoms with Crippen LogP contribution in [-0.4, -0.2) is 37.7 Å². The van der Waals surface area contributed by atoms with E-state index in [1.54, 1.807) is 0 Å². The molecule has 100 valence electrons. The number of piperazine rings is 1. The standard InChI is InChI=1S/C15H24N2O/c1-4-18-15-13(3)6-5-12(2)14(15)11-17-9-7-16-8-10-17/h5-6,16H,4,7-11H2,1-3H3. The molecule has 0 spiro atoms. The van der Waals surface area contributed by atoms with Gasteiger partial charge < -0.3 is 10.1 Å². The van der Waals surface area contributed by atoms with Gasteiger partial charge in [0.25, 0.3) is 0 Å². The molecule has 3 heteroatoms. The Morgan fingerprint density at radius 3 is 2.50 bits per heavy atom. The van der Waals surface area contributed by atoms with Crippen LogP contribution in [0, 0.1) is 13.8 Å². The zero-order valence-electron chi connectivity index (χ0n) is 11.8. The predicted octanol–water partition coefficient (Wildman–Crippen LogP) is 2.11. The molecule has 1 aromatic carbocycles. The van der Waals surface area contributed by atoms with Crippen molar-refractivity contribution >= 4 is 0 Å². The number of hydrogen-bond donors (Lipinski definition) is 1. The molecule has 3 nitrogen and oxygen atoms in total. The van der Waals surface area contributed by atoms with Gasteiger partial charge in [-0.3, -0.25) is 4.90 Å². The Hall–Kier alpha value is -1.06. The minimum absolute atomic E-state index is 0.735. The van der Waals surface area contributed by atoms with Crippen LogP contribution in [0.3, 0.4) is 0 Å². The van der Waals surface area contributed by atoms with Crippen molar-refractivity contribution in [1.29, 1.82) is 0 Å². The molecule has 0 radical (unpaired) electrons. The Balaban J connectivity index is 2.21. The molecule has 0 atom stereocenters. The summed E-state index contributed by atoms with van der Waals surface area (Å²) in [7, 11) is 0. The van der Waals surface area contributed by atoms with Crippen molar-refractivity contribution in [3.05, 3.63) is 28.8 Å². The third-order valence-electron chi connectivity index (χ3n) is 3.57. The Kier molecular flexibility index (Phi) is 4.61. The molecule has 0 aliphatic carbocycles. The summed E-state index contributed by atoms with van der Waals surface area (Å²) >= 11 is 0. The highest BCUT2D eigenvalue weighted by Gasteiger charge is 2.15. The average molecular weight is 248 g/mol. The Morgan fingerprint density at radius 2 is 1.83 bits per heavy atom. The number of ether oxygens (including phenoxy) is 1. The van der Waals surface area contributed by atoms with Crippen molar-refractivity contribution in [2.45, 2.75) is 27.3 Å². The lowest BCUT2D eigenvalue weighted by Crippen LogP contribution is -2.43. The highest BCUT2D eigenvalue weighted by atomic mass is 16.5. The molecular weight excluding hydrogens is 224 g/mol. The summed E-state index contributed by atoms with van der Waals surface area (Å²) in [5.74, 6) is 1.09. The van der Waals surface area contributed by atoms with Crippen LogP contribution < -0.4 is 10.1 Å². The van der Waals surface area contributed by atoms with Gasteiger partial charge in [0.1, 0.15) is 5.75 Å². The fraction of sp³-hybridized carbons (Fsp3) is 0.600. The number of nitrogens with zero attached hydrogens (tertiary/aromatic N) is 1. The molecule has 0 aromatic heterocycles. The summed E-state index contributed by atoms with van der Waals surface area (Å²) in [5, 5.41) is 3.39. The van der Waals surface area contributed by atoms with Gasteiger partial charge in [-0.05, 0) is 31.9 Å². The van der Waals surface area contributed by atoms with E-state index in [4.69, 9.17) is 4.74 Å². The largest absolute Gasteiger partial charge is 0.493 e. The molecule has 1 aliphatic heterocycles. The molecule has 1 aliphatic rings. The van der Waals surface area contributed by atoms with Gasteiger partial charge >= 0.3 is 0 Å². The molecule has 2 rings (SSSR count). The summed E-state index contributed by atoms with van der Waals surface area (Å²) in [4.78, 5) is 2.50. The van der Waals surface area contributed by atoms with E-state index in [1.165, 1.54) is 16.7 Å². The van der Waals surface area contributed by atoms with E-state index in [1.807, 2.05) is 0 Å². The highest BCUT2D eigenvalue weighted by molar-refractivity contribution is 5.45. The number of benzene rings is 1. The lowest BCUT2D eigenvalue weighted by Gasteiger charge is -2.29. The van der Waals surface area contributed by atoms with Gasteiger partial charge in [-0.15, -0.1) is 0 Å². The molecule has 0 unspecified atom stereocenters. The number of rotatable bonds is 4. The first-order chi connectivity index (χ1) is 8.72. The van der Waals surface area contributed by atoms with Crippen molar-refractivity contribution in [2.75, 3.05) is 32.8 Å². The summed E-state index contributed by atoms with van der Waals surface area (Å²) in [6.07, 6.45) is 0. The topological polar surface area (TPSA) is 24.5 Å². The molecule has 1 N–H and O–H groups in total. The molecule has 1 fully saturated rings. The highest BCUT2D eigenvalue weighted by Crippen LogP contribution is 2.28. The smallest absolute Gasteiger partial charge is 0.126 e. The van der Waals surface area contributed by atoms with E-state index in [0.29, 0.717) is 0 Å². The summed E-state index contributed by atoms with van der Waals surface area (Å²) in [6, 6.07) is 4.36. The Morgan fingerprint density at radius 1 is 1.17 bits per heavy atom. The van der Waals surface area contributed by atoms with E-state index in [-0.39, 0.29) is 0 Å². The third-order valence-corrected chi connectivity index (χ3v) is 3.57. The first-order valence-corrected chi connectivity index (χ1v) is 6.87. The van der Waals surface area contributed by atoms with Crippen molar-refractivity contribution in [2.24, 2.45) is 0 Å². The average Bonchev–Trinajstić information content (AvgIpc) is 2.39. The van der Waals surface area contributed by atoms with E-state index in [2.05, 4.69) is 43.1 Å². The first kappa shape index (κ1) is 13.4. The van der Waals surface area contributed by atoms with Crippen LogP contribution in [0.5, 0.6) is 5.75 Å². The fourth-order valence-corrected chi connectivity index (χ4v) is 2.48. The predicted molar refractivity (Wildman–Crippen MR) is 75.2 cm³/mol. The van der Waals surface area contributed by atoms with Gasteiger partial charge in [0, 0.05) is 38.3 Å². The van der Waals surface area contributed by atoms with Crippen LogP contribution in [0.15, 0.2) is 12.1 Å². The minimum Gasteiger partial charge on any atom is -0.493 e. The van der Waals surface area contributed by atoms with Crippen LogP contribution in [0.25, 0.3) is 0 Å². The normalized spacial score (nSPS) is 16.8. The van der Waals surface area contributed by atoms with Crippen LogP contribution in [0.4, 0.5) is 0 Å². The Labute approximate surface area is 110 Å². The molecule has 0 amide bonds. The van der Waals surface area contributed by atoms with E-state index < -0.39 is 0 Å².